The highest BCUT2D eigenvalue weighted by molar-refractivity contribution is 6.74. The summed E-state index contributed by atoms with van der Waals surface area (Å²) in [6, 6.07) is 0. The summed E-state index contributed by atoms with van der Waals surface area (Å²) >= 11 is 0. The van der Waals surface area contributed by atoms with Crippen LogP contribution in [0.1, 0.15) is 41.5 Å². The number of hydrogen-bond acceptors (Lipinski definition) is 2. The van der Waals surface area contributed by atoms with E-state index in [4.69, 9.17) is 4.43 Å². The first-order valence-electron chi connectivity index (χ1n) is 5.85. The van der Waals surface area contributed by atoms with E-state index in [1.165, 1.54) is 0 Å². The first-order chi connectivity index (χ1) is 6.49. The fraction of sp³-hybridized carbons (Fsp3) is 1.00. The van der Waals surface area contributed by atoms with E-state index in [0.717, 1.165) is 0 Å². The highest BCUT2D eigenvalue weighted by Gasteiger charge is 2.39. The second-order valence-electron chi connectivity index (χ2n) is 6.32. The summed E-state index contributed by atoms with van der Waals surface area (Å²) in [6.45, 7) is 17.1. The number of aliphatic hydroxyl groups is 1. The molecule has 0 bridgehead atoms. The van der Waals surface area contributed by atoms with Crippen molar-refractivity contribution >= 4 is 8.32 Å². The minimum atomic E-state index is -1.74. The van der Waals surface area contributed by atoms with Crippen LogP contribution in [-0.2, 0) is 4.43 Å². The summed E-state index contributed by atoms with van der Waals surface area (Å²) < 4.78 is 6.11. The molecule has 0 saturated heterocycles. The Bertz CT molecular complexity index is 194. The van der Waals surface area contributed by atoms with Crippen LogP contribution in [0.25, 0.3) is 0 Å². The maximum absolute atomic E-state index is 9.92. The normalized spacial score (nSPS) is 18.0. The van der Waals surface area contributed by atoms with Gasteiger partial charge in [0.05, 0.1) is 12.2 Å². The minimum Gasteiger partial charge on any atom is -0.412 e. The standard InChI is InChI=1S/C12H28O2Si/c1-9(2)11(13)10(3)14-15(7,8)12(4,5)6/h9-11,13H,1-8H3/t10-,11+/m0/s1. The Hall–Kier alpha value is 0.137. The zero-order chi connectivity index (χ0) is 12.4. The van der Waals surface area contributed by atoms with Gasteiger partial charge in [-0.2, -0.15) is 0 Å². The monoisotopic (exact) mass is 232 g/mol. The lowest BCUT2D eigenvalue weighted by molar-refractivity contribution is 0.00960. The van der Waals surface area contributed by atoms with Crippen LogP contribution in [0, 0.1) is 5.92 Å². The zero-order valence-electron chi connectivity index (χ0n) is 11.6. The molecule has 0 fully saturated rings. The molecule has 92 valence electrons. The predicted octanol–water partition coefficient (Wildman–Crippen LogP) is 3.41. The average molecular weight is 232 g/mol. The molecule has 0 aromatic heterocycles. The van der Waals surface area contributed by atoms with Crippen molar-refractivity contribution in [2.75, 3.05) is 0 Å². The van der Waals surface area contributed by atoms with Gasteiger partial charge in [0.15, 0.2) is 8.32 Å². The molecule has 0 rings (SSSR count). The molecule has 0 aromatic rings. The molecular weight excluding hydrogens is 204 g/mol. The Balaban J connectivity index is 4.47. The van der Waals surface area contributed by atoms with Gasteiger partial charge in [0, 0.05) is 0 Å². The quantitative estimate of drug-likeness (QED) is 0.753. The summed E-state index contributed by atoms with van der Waals surface area (Å²) in [5.74, 6) is 0.254. The van der Waals surface area contributed by atoms with Crippen molar-refractivity contribution in [1.82, 2.24) is 0 Å². The van der Waals surface area contributed by atoms with Gasteiger partial charge in [-0.05, 0) is 31.0 Å². The first-order valence-corrected chi connectivity index (χ1v) is 8.75. The molecule has 2 nitrogen and oxygen atoms in total. The van der Waals surface area contributed by atoms with Crippen LogP contribution in [-0.4, -0.2) is 25.6 Å². The summed E-state index contributed by atoms with van der Waals surface area (Å²) in [5, 5.41) is 10.1. The second kappa shape index (κ2) is 4.98. The summed E-state index contributed by atoms with van der Waals surface area (Å²) in [7, 11) is -1.74. The molecule has 0 aliphatic heterocycles. The van der Waals surface area contributed by atoms with Crippen molar-refractivity contribution in [2.24, 2.45) is 5.92 Å². The van der Waals surface area contributed by atoms with Crippen LogP contribution in [0.2, 0.25) is 18.1 Å². The molecule has 0 aliphatic rings. The van der Waals surface area contributed by atoms with E-state index in [0.29, 0.717) is 0 Å². The summed E-state index contributed by atoms with van der Waals surface area (Å²) in [6.07, 6.45) is -0.426. The molecule has 0 radical (unpaired) electrons. The summed E-state index contributed by atoms with van der Waals surface area (Å²) in [4.78, 5) is 0. The van der Waals surface area contributed by atoms with Gasteiger partial charge in [-0.15, -0.1) is 0 Å². The van der Waals surface area contributed by atoms with E-state index in [1.807, 2.05) is 20.8 Å². The SMILES string of the molecule is CC(C)[C@@H](O)[C@H](C)O[Si](C)(C)C(C)(C)C. The highest BCUT2D eigenvalue weighted by Crippen LogP contribution is 2.37. The smallest absolute Gasteiger partial charge is 0.192 e. The van der Waals surface area contributed by atoms with Gasteiger partial charge < -0.3 is 9.53 Å². The molecule has 2 atom stereocenters. The molecule has 1 N–H and O–H groups in total. The molecule has 0 saturated carbocycles. The highest BCUT2D eigenvalue weighted by atomic mass is 28.4. The number of rotatable bonds is 4. The van der Waals surface area contributed by atoms with Gasteiger partial charge in [0.1, 0.15) is 0 Å². The molecule has 0 aromatic carbocycles. The van der Waals surface area contributed by atoms with E-state index >= 15 is 0 Å². The van der Waals surface area contributed by atoms with Crippen LogP contribution in [0.15, 0.2) is 0 Å². The van der Waals surface area contributed by atoms with Crippen LogP contribution in [0.4, 0.5) is 0 Å². The fourth-order valence-electron chi connectivity index (χ4n) is 1.25. The van der Waals surface area contributed by atoms with E-state index in [-0.39, 0.29) is 23.2 Å². The third kappa shape index (κ3) is 4.25. The minimum absolute atomic E-state index is 0.0640. The van der Waals surface area contributed by atoms with Crippen LogP contribution >= 0.6 is 0 Å². The maximum atomic E-state index is 9.92. The van der Waals surface area contributed by atoms with E-state index < -0.39 is 8.32 Å². The predicted molar refractivity (Wildman–Crippen MR) is 68.6 cm³/mol. The van der Waals surface area contributed by atoms with Crippen molar-refractivity contribution in [2.45, 2.75) is 71.9 Å². The Kier molecular flexibility index (Phi) is 5.02. The van der Waals surface area contributed by atoms with Crippen molar-refractivity contribution in [3.63, 3.8) is 0 Å². The fourth-order valence-corrected chi connectivity index (χ4v) is 2.68. The van der Waals surface area contributed by atoms with Crippen LogP contribution < -0.4 is 0 Å². The molecular formula is C12H28O2Si. The Morgan fingerprint density at radius 3 is 1.73 bits per heavy atom. The Morgan fingerprint density at radius 1 is 1.07 bits per heavy atom. The van der Waals surface area contributed by atoms with Crippen molar-refractivity contribution in [3.8, 4) is 0 Å². The van der Waals surface area contributed by atoms with Gasteiger partial charge in [-0.1, -0.05) is 34.6 Å². The topological polar surface area (TPSA) is 29.5 Å². The van der Waals surface area contributed by atoms with Gasteiger partial charge in [0.25, 0.3) is 0 Å². The zero-order valence-corrected chi connectivity index (χ0v) is 12.6. The van der Waals surface area contributed by atoms with Crippen molar-refractivity contribution < 1.29 is 9.53 Å². The maximum Gasteiger partial charge on any atom is 0.192 e. The Morgan fingerprint density at radius 2 is 1.47 bits per heavy atom. The largest absolute Gasteiger partial charge is 0.412 e. The van der Waals surface area contributed by atoms with Crippen molar-refractivity contribution in [3.05, 3.63) is 0 Å². The third-order valence-electron chi connectivity index (χ3n) is 3.45. The molecule has 0 amide bonds. The van der Waals surface area contributed by atoms with Crippen molar-refractivity contribution in [1.29, 1.82) is 0 Å². The van der Waals surface area contributed by atoms with E-state index in [2.05, 4.69) is 33.9 Å². The van der Waals surface area contributed by atoms with Gasteiger partial charge >= 0.3 is 0 Å². The Labute approximate surface area is 96.2 Å². The summed E-state index contributed by atoms with van der Waals surface area (Å²) in [5.41, 5.74) is 0. The van der Waals surface area contributed by atoms with Gasteiger partial charge in [-0.25, -0.2) is 0 Å². The number of hydrogen-bond donors (Lipinski definition) is 1. The molecule has 15 heavy (non-hydrogen) atoms. The molecule has 0 unspecified atom stereocenters. The van der Waals surface area contributed by atoms with E-state index in [1.54, 1.807) is 0 Å². The number of aliphatic hydroxyl groups excluding tert-OH is 1. The lowest BCUT2D eigenvalue weighted by atomic mass is 10.0. The first kappa shape index (κ1) is 15.1. The molecule has 0 aliphatic carbocycles. The van der Waals surface area contributed by atoms with Gasteiger partial charge in [-0.3, -0.25) is 0 Å². The van der Waals surface area contributed by atoms with E-state index in [9.17, 15) is 5.11 Å². The second-order valence-corrected chi connectivity index (χ2v) is 11.1. The molecule has 3 heteroatoms. The molecule has 0 heterocycles. The molecule has 0 spiro atoms. The third-order valence-corrected chi connectivity index (χ3v) is 8.02. The van der Waals surface area contributed by atoms with Gasteiger partial charge in [0.2, 0.25) is 0 Å². The van der Waals surface area contributed by atoms with Crippen LogP contribution in [0.5, 0.6) is 0 Å². The lowest BCUT2D eigenvalue weighted by Gasteiger charge is -2.40. The van der Waals surface area contributed by atoms with Crippen LogP contribution in [0.3, 0.4) is 0 Å². The lowest BCUT2D eigenvalue weighted by Crippen LogP contribution is -2.47. The average Bonchev–Trinajstić information content (AvgIpc) is 1.99.